The molecule has 2 aromatic carbocycles. The number of hydrogen-bond donors (Lipinski definition) is 5. The molecule has 124 valence electrons. The lowest BCUT2D eigenvalue weighted by Crippen LogP contribution is -2.19. The van der Waals surface area contributed by atoms with Gasteiger partial charge in [-0.2, -0.15) is 0 Å². The first-order valence-corrected chi connectivity index (χ1v) is 6.57. The number of phenols is 2. The molecule has 2 rings (SSSR count). The first kappa shape index (κ1) is 16.8. The maximum atomic E-state index is 11.7. The predicted molar refractivity (Wildman–Crippen MR) is 79.6 cm³/mol. The van der Waals surface area contributed by atoms with Crippen LogP contribution in [0.3, 0.4) is 0 Å². The van der Waals surface area contributed by atoms with Gasteiger partial charge < -0.3 is 25.5 Å². The molecule has 8 heteroatoms. The van der Waals surface area contributed by atoms with Crippen LogP contribution in [0.1, 0.15) is 37.8 Å². The minimum Gasteiger partial charge on any atom is -0.508 e. The van der Waals surface area contributed by atoms with Crippen molar-refractivity contribution in [3.63, 3.8) is 0 Å². The maximum absolute atomic E-state index is 11.7. The van der Waals surface area contributed by atoms with E-state index in [9.17, 15) is 39.9 Å². The molecule has 0 amide bonds. The summed E-state index contributed by atoms with van der Waals surface area (Å²) in [7, 11) is 0. The smallest absolute Gasteiger partial charge is 0.336 e. The molecule has 0 aliphatic rings. The van der Waals surface area contributed by atoms with Gasteiger partial charge in [0.2, 0.25) is 0 Å². The number of carbonyl (C=O) groups is 3. The van der Waals surface area contributed by atoms with Crippen LogP contribution in [0, 0.1) is 0 Å². The van der Waals surface area contributed by atoms with Crippen molar-refractivity contribution in [1.82, 2.24) is 0 Å². The second-order valence-corrected chi connectivity index (χ2v) is 4.92. The first-order chi connectivity index (χ1) is 11.2. The third-order valence-corrected chi connectivity index (χ3v) is 3.40. The Morgan fingerprint density at radius 1 is 0.708 bits per heavy atom. The van der Waals surface area contributed by atoms with Gasteiger partial charge in [0, 0.05) is 0 Å². The zero-order valence-corrected chi connectivity index (χ0v) is 12.0. The molecule has 0 heterocycles. The molecule has 2 aromatic rings. The van der Waals surface area contributed by atoms with Crippen LogP contribution in [0.5, 0.6) is 11.5 Å². The third kappa shape index (κ3) is 3.12. The second-order valence-electron chi connectivity index (χ2n) is 4.92. The van der Waals surface area contributed by atoms with Gasteiger partial charge in [0.1, 0.15) is 17.4 Å². The van der Waals surface area contributed by atoms with E-state index in [1.54, 1.807) is 0 Å². The fourth-order valence-corrected chi connectivity index (χ4v) is 2.40. The normalized spacial score (nSPS) is 10.5. The number of benzene rings is 2. The maximum Gasteiger partial charge on any atom is 0.336 e. The Morgan fingerprint density at radius 3 is 1.38 bits per heavy atom. The van der Waals surface area contributed by atoms with E-state index in [4.69, 9.17) is 0 Å². The lowest BCUT2D eigenvalue weighted by molar-refractivity contribution is -0.137. The fourth-order valence-electron chi connectivity index (χ4n) is 2.40. The standard InChI is InChI=1S/C16H12O8/c17-7-1-3-9(14(19)20)11(5-7)13(16(23)24)12-6-8(18)2-4-10(12)15(21)22/h1-6,13,17-18H,(H,19,20)(H,21,22)(H,23,24). The third-order valence-electron chi connectivity index (χ3n) is 3.40. The molecule has 0 atom stereocenters. The van der Waals surface area contributed by atoms with Crippen molar-refractivity contribution >= 4 is 17.9 Å². The number of phenolic OH excluding ortho intramolecular Hbond substituents is 2. The molecule has 0 spiro atoms. The van der Waals surface area contributed by atoms with Crippen LogP contribution in [-0.2, 0) is 4.79 Å². The van der Waals surface area contributed by atoms with Gasteiger partial charge in [-0.1, -0.05) is 0 Å². The molecule has 5 N–H and O–H groups in total. The van der Waals surface area contributed by atoms with E-state index in [1.807, 2.05) is 0 Å². The predicted octanol–water partition coefficient (Wildman–Crippen LogP) is 1.71. The Morgan fingerprint density at radius 2 is 1.08 bits per heavy atom. The van der Waals surface area contributed by atoms with Crippen molar-refractivity contribution in [2.24, 2.45) is 0 Å². The minimum absolute atomic E-state index is 0.303. The largest absolute Gasteiger partial charge is 0.508 e. The van der Waals surface area contributed by atoms with Crippen LogP contribution in [-0.4, -0.2) is 43.4 Å². The second kappa shape index (κ2) is 6.29. The zero-order chi connectivity index (χ0) is 18.0. The topological polar surface area (TPSA) is 152 Å². The molecule has 8 nitrogen and oxygen atoms in total. The van der Waals surface area contributed by atoms with Crippen molar-refractivity contribution < 1.29 is 39.9 Å². The summed E-state index contributed by atoms with van der Waals surface area (Å²) < 4.78 is 0. The van der Waals surface area contributed by atoms with Gasteiger partial charge in [0.05, 0.1) is 11.1 Å². The van der Waals surface area contributed by atoms with E-state index in [2.05, 4.69) is 0 Å². The zero-order valence-electron chi connectivity index (χ0n) is 12.0. The Kier molecular flexibility index (Phi) is 4.41. The van der Waals surface area contributed by atoms with E-state index < -0.39 is 35.0 Å². The highest BCUT2D eigenvalue weighted by molar-refractivity contribution is 5.96. The summed E-state index contributed by atoms with van der Waals surface area (Å²) in [5, 5.41) is 47.1. The van der Waals surface area contributed by atoms with E-state index in [0.717, 1.165) is 36.4 Å². The van der Waals surface area contributed by atoms with Gasteiger partial charge in [-0.15, -0.1) is 0 Å². The summed E-state index contributed by atoms with van der Waals surface area (Å²) in [5.74, 6) is -6.87. The summed E-state index contributed by atoms with van der Waals surface area (Å²) in [4.78, 5) is 34.4. The molecule has 0 aliphatic carbocycles. The van der Waals surface area contributed by atoms with Gasteiger partial charge in [-0.3, -0.25) is 4.79 Å². The van der Waals surface area contributed by atoms with Crippen LogP contribution in [0.2, 0.25) is 0 Å². The molecule has 0 unspecified atom stereocenters. The number of carboxylic acid groups (broad SMARTS) is 3. The molecule has 0 aromatic heterocycles. The van der Waals surface area contributed by atoms with Crippen LogP contribution < -0.4 is 0 Å². The average molecular weight is 332 g/mol. The van der Waals surface area contributed by atoms with Gasteiger partial charge in [0.25, 0.3) is 0 Å². The highest BCUT2D eigenvalue weighted by Gasteiger charge is 2.31. The van der Waals surface area contributed by atoms with Gasteiger partial charge in [-0.25, -0.2) is 9.59 Å². The summed E-state index contributed by atoms with van der Waals surface area (Å²) in [6.45, 7) is 0. The van der Waals surface area contributed by atoms with Crippen LogP contribution >= 0.6 is 0 Å². The van der Waals surface area contributed by atoms with Crippen LogP contribution in [0.25, 0.3) is 0 Å². The molecule has 0 aliphatic heterocycles. The minimum atomic E-state index is -1.71. The Balaban J connectivity index is 2.80. The van der Waals surface area contributed by atoms with Crippen molar-refractivity contribution in [3.8, 4) is 11.5 Å². The first-order valence-electron chi connectivity index (χ1n) is 6.57. The Hall–Kier alpha value is -3.55. The molecular formula is C16H12O8. The fraction of sp³-hybridized carbons (Fsp3) is 0.0625. The molecule has 0 bridgehead atoms. The number of aromatic hydroxyl groups is 2. The van der Waals surface area contributed by atoms with E-state index in [-0.39, 0.29) is 22.6 Å². The van der Waals surface area contributed by atoms with E-state index in [1.165, 1.54) is 0 Å². The molecule has 0 fully saturated rings. The van der Waals surface area contributed by atoms with Crippen molar-refractivity contribution in [2.45, 2.75) is 5.92 Å². The van der Waals surface area contributed by atoms with Gasteiger partial charge in [0.15, 0.2) is 0 Å². The Bertz CT molecular complexity index is 776. The number of carboxylic acids is 3. The number of aromatic carboxylic acids is 2. The molecule has 0 saturated heterocycles. The molecule has 0 radical (unpaired) electrons. The lowest BCUT2D eigenvalue weighted by Gasteiger charge is -2.18. The molecular weight excluding hydrogens is 320 g/mol. The summed E-state index contributed by atoms with van der Waals surface area (Å²) in [5.41, 5.74) is -1.41. The summed E-state index contributed by atoms with van der Waals surface area (Å²) >= 11 is 0. The average Bonchev–Trinajstić information content (AvgIpc) is 2.46. The van der Waals surface area contributed by atoms with Crippen LogP contribution in [0.4, 0.5) is 0 Å². The van der Waals surface area contributed by atoms with Crippen molar-refractivity contribution in [1.29, 1.82) is 0 Å². The molecule has 24 heavy (non-hydrogen) atoms. The number of rotatable bonds is 5. The monoisotopic (exact) mass is 332 g/mol. The van der Waals surface area contributed by atoms with E-state index in [0.29, 0.717) is 0 Å². The van der Waals surface area contributed by atoms with Crippen molar-refractivity contribution in [2.75, 3.05) is 0 Å². The number of aliphatic carboxylic acids is 1. The highest BCUT2D eigenvalue weighted by Crippen LogP contribution is 2.34. The van der Waals surface area contributed by atoms with Gasteiger partial charge in [-0.05, 0) is 47.5 Å². The number of hydrogen-bond acceptors (Lipinski definition) is 5. The summed E-state index contributed by atoms with van der Waals surface area (Å²) in [6.07, 6.45) is 0. The Labute approximate surface area is 134 Å². The summed E-state index contributed by atoms with van der Waals surface area (Å²) in [6, 6.07) is 6.08. The SMILES string of the molecule is O=C(O)c1ccc(O)cc1C(C(=O)O)c1cc(O)ccc1C(=O)O. The van der Waals surface area contributed by atoms with Crippen molar-refractivity contribution in [3.05, 3.63) is 58.7 Å². The van der Waals surface area contributed by atoms with E-state index >= 15 is 0 Å². The highest BCUT2D eigenvalue weighted by atomic mass is 16.4. The molecule has 0 saturated carbocycles. The lowest BCUT2D eigenvalue weighted by atomic mass is 9.85. The van der Waals surface area contributed by atoms with Gasteiger partial charge >= 0.3 is 17.9 Å². The van der Waals surface area contributed by atoms with Crippen LogP contribution in [0.15, 0.2) is 36.4 Å². The quantitative estimate of drug-likeness (QED) is 0.554.